The van der Waals surface area contributed by atoms with Gasteiger partial charge < -0.3 is 0 Å². The molecule has 0 saturated carbocycles. The molecule has 0 N–H and O–H groups in total. The molecule has 0 saturated heterocycles. The Morgan fingerprint density at radius 1 is 0.442 bits per heavy atom. The Bertz CT molecular complexity index is 609. The van der Waals surface area contributed by atoms with Crippen molar-refractivity contribution < 1.29 is 0 Å². The molecule has 0 aliphatic rings. The first kappa shape index (κ1) is 43.5. The predicted octanol–water partition coefficient (Wildman–Crippen LogP) is 15.8. The van der Waals surface area contributed by atoms with Crippen LogP contribution in [-0.4, -0.2) is 11.5 Å². The second-order valence-corrected chi connectivity index (χ2v) is 19.9. The lowest BCUT2D eigenvalue weighted by molar-refractivity contribution is 0.393. The molecule has 0 aliphatic carbocycles. The molecule has 0 aromatic rings. The zero-order valence-corrected chi connectivity index (χ0v) is 33.4. The Morgan fingerprint density at radius 2 is 0.744 bits per heavy atom. The van der Waals surface area contributed by atoms with Crippen molar-refractivity contribution in [1.82, 2.24) is 0 Å². The number of hydrogen-bond donors (Lipinski definition) is 0. The fourth-order valence-electron chi connectivity index (χ4n) is 5.90. The van der Waals surface area contributed by atoms with E-state index in [9.17, 15) is 0 Å². The summed E-state index contributed by atoms with van der Waals surface area (Å²) in [4.78, 5) is 0. The Labute approximate surface area is 285 Å². The van der Waals surface area contributed by atoms with Crippen LogP contribution in [0.5, 0.6) is 0 Å². The molecule has 4 unspecified atom stereocenters. The van der Waals surface area contributed by atoms with Crippen LogP contribution in [0.15, 0.2) is 23.3 Å². The summed E-state index contributed by atoms with van der Waals surface area (Å²) in [5.41, 5.74) is 3.18. The van der Waals surface area contributed by atoms with E-state index < -0.39 is 0 Å². The van der Waals surface area contributed by atoms with Gasteiger partial charge in [0.2, 0.25) is 0 Å². The van der Waals surface area contributed by atoms with E-state index in [0.717, 1.165) is 35.5 Å². The molecule has 0 bridgehead atoms. The highest BCUT2D eigenvalue weighted by Gasteiger charge is 2.08. The average Bonchev–Trinajstić information content (AvgIpc) is 2.92. The SMILES string of the molecule is CC(=CCCC(C)CCCC(C)CCCC(C)C)CCSSSCCC(C)=CCCC(C)CCCC(C)CCCC(C)C. The van der Waals surface area contributed by atoms with Gasteiger partial charge in [0.15, 0.2) is 0 Å². The van der Waals surface area contributed by atoms with Crippen LogP contribution in [0.4, 0.5) is 0 Å². The molecule has 43 heavy (non-hydrogen) atoms. The van der Waals surface area contributed by atoms with Crippen molar-refractivity contribution in [3.8, 4) is 0 Å². The van der Waals surface area contributed by atoms with Gasteiger partial charge in [-0.05, 0) is 97.7 Å². The summed E-state index contributed by atoms with van der Waals surface area (Å²) >= 11 is 0. The summed E-state index contributed by atoms with van der Waals surface area (Å²) in [5.74, 6) is 7.79. The first-order chi connectivity index (χ1) is 20.5. The van der Waals surface area contributed by atoms with Gasteiger partial charge in [-0.2, -0.15) is 0 Å². The molecule has 3 heteroatoms. The van der Waals surface area contributed by atoms with Gasteiger partial charge in [0.1, 0.15) is 0 Å². The lowest BCUT2D eigenvalue weighted by atomic mass is 9.92. The lowest BCUT2D eigenvalue weighted by Gasteiger charge is -2.14. The van der Waals surface area contributed by atoms with Gasteiger partial charge in [-0.3, -0.25) is 0 Å². The molecule has 0 spiro atoms. The number of hydrogen-bond acceptors (Lipinski definition) is 3. The average molecular weight is 655 g/mol. The lowest BCUT2D eigenvalue weighted by Crippen LogP contribution is -2.00. The fraction of sp³-hybridized carbons (Fsp3) is 0.900. The van der Waals surface area contributed by atoms with E-state index in [0.29, 0.717) is 0 Å². The highest BCUT2D eigenvalue weighted by Crippen LogP contribution is 2.36. The van der Waals surface area contributed by atoms with E-state index >= 15 is 0 Å². The second kappa shape index (κ2) is 29.9. The third kappa shape index (κ3) is 32.3. The molecule has 0 radical (unpaired) electrons. The van der Waals surface area contributed by atoms with Crippen molar-refractivity contribution in [3.63, 3.8) is 0 Å². The summed E-state index contributed by atoms with van der Waals surface area (Å²) in [6.45, 7) is 23.9. The first-order valence-corrected chi connectivity index (χ1v) is 22.5. The fourth-order valence-corrected chi connectivity index (χ4v) is 9.86. The molecule has 0 aromatic carbocycles. The molecule has 0 nitrogen and oxygen atoms in total. The largest absolute Gasteiger partial charge is 0.0856 e. The Kier molecular flexibility index (Phi) is 30.3. The van der Waals surface area contributed by atoms with Crippen LogP contribution in [0.25, 0.3) is 0 Å². The van der Waals surface area contributed by atoms with Crippen LogP contribution in [0.1, 0.15) is 185 Å². The van der Waals surface area contributed by atoms with E-state index in [1.807, 2.05) is 31.4 Å². The second-order valence-electron chi connectivity index (χ2n) is 15.4. The molecule has 4 atom stereocenters. The Hall–Kier alpha value is 0.530. The van der Waals surface area contributed by atoms with E-state index in [1.54, 1.807) is 11.1 Å². The van der Waals surface area contributed by atoms with Gasteiger partial charge >= 0.3 is 0 Å². The molecule has 0 amide bonds. The van der Waals surface area contributed by atoms with E-state index in [2.05, 4.69) is 81.4 Å². The summed E-state index contributed by atoms with van der Waals surface area (Å²) in [7, 11) is 6.11. The molecule has 0 fully saturated rings. The smallest absolute Gasteiger partial charge is 0.00823 e. The van der Waals surface area contributed by atoms with E-state index in [-0.39, 0.29) is 0 Å². The van der Waals surface area contributed by atoms with Crippen molar-refractivity contribution >= 4 is 31.4 Å². The van der Waals surface area contributed by atoms with Crippen molar-refractivity contribution in [2.45, 2.75) is 185 Å². The minimum Gasteiger partial charge on any atom is -0.0856 e. The summed E-state index contributed by atoms with van der Waals surface area (Å²) < 4.78 is 0. The monoisotopic (exact) mass is 655 g/mol. The Morgan fingerprint density at radius 3 is 1.07 bits per heavy atom. The highest BCUT2D eigenvalue weighted by molar-refractivity contribution is 9.09. The van der Waals surface area contributed by atoms with Crippen LogP contribution in [0.2, 0.25) is 0 Å². The van der Waals surface area contributed by atoms with Crippen LogP contribution < -0.4 is 0 Å². The van der Waals surface area contributed by atoms with Crippen LogP contribution >= 0.6 is 31.4 Å². The summed E-state index contributed by atoms with van der Waals surface area (Å²) in [6.07, 6.45) is 29.8. The molecule has 0 heterocycles. The third-order valence-corrected chi connectivity index (χ3v) is 13.5. The van der Waals surface area contributed by atoms with Crippen molar-refractivity contribution in [1.29, 1.82) is 0 Å². The minimum absolute atomic E-state index is 0.865. The number of allylic oxidation sites excluding steroid dienone is 4. The zero-order valence-electron chi connectivity index (χ0n) is 31.0. The number of rotatable bonds is 30. The zero-order chi connectivity index (χ0) is 32.3. The minimum atomic E-state index is 0.865. The quantitative estimate of drug-likeness (QED) is 0.0430. The summed E-state index contributed by atoms with van der Waals surface area (Å²) in [5, 5.41) is 0. The maximum atomic E-state index is 2.52. The highest BCUT2D eigenvalue weighted by atomic mass is 33.5. The van der Waals surface area contributed by atoms with Crippen molar-refractivity contribution in [2.75, 3.05) is 11.5 Å². The van der Waals surface area contributed by atoms with Crippen molar-refractivity contribution in [3.05, 3.63) is 23.3 Å². The van der Waals surface area contributed by atoms with Gasteiger partial charge in [-0.25, -0.2) is 0 Å². The molecule has 0 aromatic heterocycles. The van der Waals surface area contributed by atoms with Crippen LogP contribution in [0.3, 0.4) is 0 Å². The van der Waals surface area contributed by atoms with Crippen molar-refractivity contribution in [2.24, 2.45) is 35.5 Å². The topological polar surface area (TPSA) is 0 Å². The van der Waals surface area contributed by atoms with Gasteiger partial charge in [0.25, 0.3) is 0 Å². The maximum absolute atomic E-state index is 2.52. The van der Waals surface area contributed by atoms with Gasteiger partial charge in [-0.15, -0.1) is 0 Å². The summed E-state index contributed by atoms with van der Waals surface area (Å²) in [6, 6.07) is 0. The van der Waals surface area contributed by atoms with Crippen LogP contribution in [0, 0.1) is 35.5 Å². The van der Waals surface area contributed by atoms with Crippen LogP contribution in [-0.2, 0) is 0 Å². The van der Waals surface area contributed by atoms with Gasteiger partial charge in [0, 0.05) is 11.5 Å². The molecular formula is C40H78S3. The Balaban J connectivity index is 3.71. The molecule has 0 rings (SSSR count). The standard InChI is InChI=1S/C40H78S3/c1-33(2)17-11-19-35(5)21-13-23-37(7)25-15-27-39(9)29-31-41-43-42-32-30-40(10)28-16-26-38(8)24-14-22-36(6)20-12-18-34(3)4/h27-28,33-38H,11-26,29-32H2,1-10H3. The predicted molar refractivity (Wildman–Crippen MR) is 209 cm³/mol. The maximum Gasteiger partial charge on any atom is 0.00823 e. The normalized spacial score (nSPS) is 15.8. The first-order valence-electron chi connectivity index (χ1n) is 18.7. The molecular weight excluding hydrogens is 577 g/mol. The van der Waals surface area contributed by atoms with Gasteiger partial charge in [0.05, 0.1) is 0 Å². The third-order valence-electron chi connectivity index (χ3n) is 9.30. The van der Waals surface area contributed by atoms with E-state index in [1.165, 1.54) is 127 Å². The molecule has 256 valence electrons. The molecule has 0 aliphatic heterocycles. The van der Waals surface area contributed by atoms with E-state index in [4.69, 9.17) is 0 Å². The van der Waals surface area contributed by atoms with Gasteiger partial charge in [-0.1, -0.05) is 177 Å².